The number of halogens is 3. The Morgan fingerprint density at radius 1 is 1.17 bits per heavy atom. The lowest BCUT2D eigenvalue weighted by atomic mass is 10.2. The summed E-state index contributed by atoms with van der Waals surface area (Å²) in [6, 6.07) is 6.52. The molecule has 10 heteroatoms. The van der Waals surface area contributed by atoms with E-state index in [1.165, 1.54) is 23.5 Å². The molecule has 0 aliphatic carbocycles. The van der Waals surface area contributed by atoms with Crippen LogP contribution in [0, 0.1) is 5.82 Å². The van der Waals surface area contributed by atoms with E-state index in [9.17, 15) is 4.39 Å². The second kappa shape index (κ2) is 9.87. The molecule has 0 spiro atoms. The summed E-state index contributed by atoms with van der Waals surface area (Å²) in [7, 11) is 1.94. The predicted molar refractivity (Wildman–Crippen MR) is 119 cm³/mol. The summed E-state index contributed by atoms with van der Waals surface area (Å²) in [4.78, 5) is 6.36. The van der Waals surface area contributed by atoms with Crippen molar-refractivity contribution in [1.29, 1.82) is 0 Å². The summed E-state index contributed by atoms with van der Waals surface area (Å²) >= 11 is 13.8. The maximum Gasteiger partial charge on any atom is 0.165 e. The molecule has 0 aliphatic rings. The first kappa shape index (κ1) is 22.7. The van der Waals surface area contributed by atoms with Crippen LogP contribution in [0.25, 0.3) is 21.1 Å². The zero-order chi connectivity index (χ0) is 21.8. The van der Waals surface area contributed by atoms with Crippen LogP contribution in [0.2, 0.25) is 10.2 Å². The molecule has 0 unspecified atom stereocenters. The molecule has 0 radical (unpaired) electrons. The number of benzene rings is 1. The van der Waals surface area contributed by atoms with Gasteiger partial charge < -0.3 is 14.7 Å². The van der Waals surface area contributed by atoms with Crippen LogP contribution in [0.15, 0.2) is 24.3 Å². The lowest BCUT2D eigenvalue weighted by molar-refractivity contribution is 0.228. The van der Waals surface area contributed by atoms with Crippen molar-refractivity contribution in [2.75, 3.05) is 25.2 Å². The van der Waals surface area contributed by atoms with Crippen molar-refractivity contribution < 1.29 is 14.2 Å². The Morgan fingerprint density at radius 3 is 2.60 bits per heavy atom. The van der Waals surface area contributed by atoms with Gasteiger partial charge in [0.15, 0.2) is 11.6 Å². The van der Waals surface area contributed by atoms with E-state index in [0.29, 0.717) is 32.2 Å². The van der Waals surface area contributed by atoms with Crippen LogP contribution in [0.1, 0.15) is 20.3 Å². The molecule has 2 heterocycles. The van der Waals surface area contributed by atoms with Gasteiger partial charge in [-0.15, -0.1) is 10.2 Å². The zero-order valence-corrected chi connectivity index (χ0v) is 19.0. The monoisotopic (exact) mass is 470 g/mol. The smallest absolute Gasteiger partial charge is 0.165 e. The minimum Gasteiger partial charge on any atom is -0.490 e. The minimum atomic E-state index is -0.558. The molecule has 0 saturated heterocycles. The van der Waals surface area contributed by atoms with Crippen molar-refractivity contribution in [2.24, 2.45) is 0 Å². The van der Waals surface area contributed by atoms with Crippen molar-refractivity contribution in [1.82, 2.24) is 15.2 Å². The average Bonchev–Trinajstić information content (AvgIpc) is 3.19. The van der Waals surface area contributed by atoms with Gasteiger partial charge >= 0.3 is 0 Å². The van der Waals surface area contributed by atoms with Crippen LogP contribution in [-0.4, -0.2) is 46.6 Å². The fourth-order valence-corrected chi connectivity index (χ4v) is 3.91. The van der Waals surface area contributed by atoms with Crippen LogP contribution in [0.5, 0.6) is 5.75 Å². The molecule has 0 fully saturated rings. The van der Waals surface area contributed by atoms with E-state index in [-0.39, 0.29) is 25.0 Å². The van der Waals surface area contributed by atoms with Crippen LogP contribution >= 0.6 is 34.5 Å². The van der Waals surface area contributed by atoms with Crippen LogP contribution in [-0.2, 0) is 0 Å². The van der Waals surface area contributed by atoms with Crippen molar-refractivity contribution in [3.63, 3.8) is 0 Å². The zero-order valence-electron chi connectivity index (χ0n) is 16.7. The number of pyridine rings is 1. The molecule has 3 aromatic rings. The molecule has 0 atom stereocenters. The van der Waals surface area contributed by atoms with Gasteiger partial charge in [-0.2, -0.15) is 0 Å². The summed E-state index contributed by atoms with van der Waals surface area (Å²) in [6.45, 7) is 4.27. The molecule has 1 aromatic carbocycles. The number of aromatic nitrogens is 3. The highest BCUT2D eigenvalue weighted by Crippen LogP contribution is 2.38. The maximum atomic E-state index is 14.4. The van der Waals surface area contributed by atoms with E-state index in [1.807, 2.05) is 18.0 Å². The lowest BCUT2D eigenvalue weighted by Crippen LogP contribution is -2.26. The van der Waals surface area contributed by atoms with E-state index in [0.717, 1.165) is 11.4 Å². The highest BCUT2D eigenvalue weighted by molar-refractivity contribution is 7.18. The molecule has 30 heavy (non-hydrogen) atoms. The number of aliphatic hydroxyl groups is 1. The topological polar surface area (TPSA) is 71.4 Å². The first-order valence-electron chi connectivity index (χ1n) is 9.27. The maximum absolute atomic E-state index is 14.4. The summed E-state index contributed by atoms with van der Waals surface area (Å²) in [5, 5.41) is 19.0. The highest BCUT2D eigenvalue weighted by Gasteiger charge is 2.17. The molecular weight excluding hydrogens is 450 g/mol. The average molecular weight is 471 g/mol. The number of nitrogens with zero attached hydrogens (tertiary/aromatic N) is 4. The number of anilines is 1. The third-order valence-electron chi connectivity index (χ3n) is 4.40. The van der Waals surface area contributed by atoms with Gasteiger partial charge in [0.25, 0.3) is 0 Å². The quantitative estimate of drug-likeness (QED) is 0.354. The van der Waals surface area contributed by atoms with Gasteiger partial charge in [0.05, 0.1) is 11.6 Å². The van der Waals surface area contributed by atoms with Gasteiger partial charge in [0.1, 0.15) is 21.0 Å². The number of aliphatic hydroxyl groups excluding tert-OH is 1. The van der Waals surface area contributed by atoms with Gasteiger partial charge in [-0.25, -0.2) is 9.37 Å². The Labute approximate surface area is 188 Å². The minimum absolute atomic E-state index is 0.0317. The summed E-state index contributed by atoms with van der Waals surface area (Å²) in [5.74, 6) is 0.193. The summed E-state index contributed by atoms with van der Waals surface area (Å²) < 4.78 is 19.7. The number of hydrogen-bond acceptors (Lipinski definition) is 7. The Bertz CT molecular complexity index is 1030. The number of rotatable bonds is 8. The normalized spacial score (nSPS) is 11.2. The fourth-order valence-electron chi connectivity index (χ4n) is 2.55. The third kappa shape index (κ3) is 5.18. The first-order valence-corrected chi connectivity index (χ1v) is 10.8. The number of ether oxygens (including phenoxy) is 1. The van der Waals surface area contributed by atoms with E-state index >= 15 is 0 Å². The molecule has 1 N–H and O–H groups in total. The van der Waals surface area contributed by atoms with Gasteiger partial charge in [-0.3, -0.25) is 0 Å². The molecule has 2 aromatic heterocycles. The molecule has 0 bridgehead atoms. The van der Waals surface area contributed by atoms with E-state index in [2.05, 4.69) is 29.0 Å². The second-order valence-electron chi connectivity index (χ2n) is 6.84. The highest BCUT2D eigenvalue weighted by atomic mass is 35.5. The Kier molecular flexibility index (Phi) is 7.46. The van der Waals surface area contributed by atoms with Crippen molar-refractivity contribution in [2.45, 2.75) is 26.3 Å². The van der Waals surface area contributed by atoms with Gasteiger partial charge in [-0.1, -0.05) is 34.5 Å². The molecule has 0 aliphatic heterocycles. The van der Waals surface area contributed by atoms with E-state index in [4.69, 9.17) is 33.0 Å². The summed E-state index contributed by atoms with van der Waals surface area (Å²) in [6.07, 6.45) is 0.404. The fraction of sp³-hybridized carbons (Fsp3) is 0.350. The van der Waals surface area contributed by atoms with Crippen LogP contribution in [0.4, 0.5) is 10.2 Å². The first-order chi connectivity index (χ1) is 14.3. The van der Waals surface area contributed by atoms with Crippen molar-refractivity contribution in [3.05, 3.63) is 40.3 Å². The second-order valence-corrected chi connectivity index (χ2v) is 8.61. The Morgan fingerprint density at radius 2 is 1.90 bits per heavy atom. The van der Waals surface area contributed by atoms with Crippen LogP contribution in [0.3, 0.4) is 0 Å². The molecule has 160 valence electrons. The summed E-state index contributed by atoms with van der Waals surface area (Å²) in [5.41, 5.74) is 1.19. The third-order valence-corrected chi connectivity index (χ3v) is 5.91. The van der Waals surface area contributed by atoms with Crippen molar-refractivity contribution >= 4 is 40.4 Å². The van der Waals surface area contributed by atoms with Gasteiger partial charge in [-0.05, 0) is 32.0 Å². The van der Waals surface area contributed by atoms with E-state index < -0.39 is 5.82 Å². The predicted octanol–water partition coefficient (Wildman–Crippen LogP) is 5.32. The molecule has 0 amide bonds. The van der Waals surface area contributed by atoms with Gasteiger partial charge in [0, 0.05) is 43.3 Å². The lowest BCUT2D eigenvalue weighted by Gasteiger charge is -2.23. The van der Waals surface area contributed by atoms with Crippen LogP contribution < -0.4 is 9.64 Å². The van der Waals surface area contributed by atoms with Gasteiger partial charge in [0.2, 0.25) is 0 Å². The Balaban J connectivity index is 1.91. The Hall–Kier alpha value is -2.00. The molecule has 3 rings (SSSR count). The van der Waals surface area contributed by atoms with Crippen molar-refractivity contribution in [3.8, 4) is 26.9 Å². The largest absolute Gasteiger partial charge is 0.490 e. The van der Waals surface area contributed by atoms with E-state index in [1.54, 1.807) is 6.07 Å². The molecular formula is C20H21Cl2FN4O2S. The number of hydrogen-bond donors (Lipinski definition) is 1. The standard InChI is InChI=1S/C20H21Cl2FN4O2S/c1-11(2)27(3)18-8-12(7-17(22)24-18)19-25-26-20(30-19)13-9-15(23)16(10-14(13)21)29-6-4-5-28/h7-11,28H,4-6H2,1-3H3. The molecule has 6 nitrogen and oxygen atoms in total. The molecule has 0 saturated carbocycles. The SMILES string of the molecule is CC(C)N(C)c1cc(-c2nnc(-c3cc(F)c(OCCCO)cc3Cl)s2)cc(Cl)n1.